The zero-order valence-corrected chi connectivity index (χ0v) is 12.1. The van der Waals surface area contributed by atoms with Crippen LogP contribution in [0.1, 0.15) is 33.6 Å². The number of carbonyl (C=O) groups is 1. The molecule has 0 saturated carbocycles. The van der Waals surface area contributed by atoms with Crippen molar-refractivity contribution < 1.29 is 4.79 Å². The first kappa shape index (κ1) is 15.5. The molecule has 19 heavy (non-hydrogen) atoms. The van der Waals surface area contributed by atoms with Crippen molar-refractivity contribution in [3.63, 3.8) is 0 Å². The monoisotopic (exact) mass is 263 g/mol. The molecule has 1 atom stereocenters. The van der Waals surface area contributed by atoms with E-state index in [1.807, 2.05) is 31.2 Å². The highest BCUT2D eigenvalue weighted by Crippen LogP contribution is 2.17. The number of carbonyl (C=O) groups excluding carboxylic acids is 1. The van der Waals surface area contributed by atoms with Gasteiger partial charge in [-0.15, -0.1) is 0 Å². The van der Waals surface area contributed by atoms with E-state index in [1.165, 1.54) is 5.69 Å². The molecule has 0 radical (unpaired) electrons. The van der Waals surface area contributed by atoms with Gasteiger partial charge in [-0.25, -0.2) is 0 Å². The van der Waals surface area contributed by atoms with Gasteiger partial charge < -0.3 is 16.0 Å². The molecule has 0 spiro atoms. The summed E-state index contributed by atoms with van der Waals surface area (Å²) in [6.07, 6.45) is 1.62. The predicted octanol–water partition coefficient (Wildman–Crippen LogP) is 2.60. The van der Waals surface area contributed by atoms with E-state index < -0.39 is 6.04 Å². The molecule has 4 nitrogen and oxygen atoms in total. The first-order valence-electron chi connectivity index (χ1n) is 7.03. The van der Waals surface area contributed by atoms with Gasteiger partial charge in [0, 0.05) is 24.5 Å². The van der Waals surface area contributed by atoms with Crippen LogP contribution >= 0.6 is 0 Å². The second-order valence-electron chi connectivity index (χ2n) is 4.60. The Morgan fingerprint density at radius 1 is 1.21 bits per heavy atom. The Balaban J connectivity index is 2.64. The molecule has 106 valence electrons. The third kappa shape index (κ3) is 4.56. The van der Waals surface area contributed by atoms with Gasteiger partial charge in [-0.3, -0.25) is 4.79 Å². The lowest BCUT2D eigenvalue weighted by atomic mass is 10.1. The second-order valence-corrected chi connectivity index (χ2v) is 4.60. The Bertz CT molecular complexity index is 385. The number of hydrogen-bond donors (Lipinski definition) is 2. The lowest BCUT2D eigenvalue weighted by Crippen LogP contribution is -2.35. The van der Waals surface area contributed by atoms with Gasteiger partial charge in [0.25, 0.3) is 0 Å². The summed E-state index contributed by atoms with van der Waals surface area (Å²) in [5, 5.41) is 2.85. The summed E-state index contributed by atoms with van der Waals surface area (Å²) in [5.41, 5.74) is 7.74. The molecule has 1 aromatic carbocycles. The predicted molar refractivity (Wildman–Crippen MR) is 81.5 cm³/mol. The summed E-state index contributed by atoms with van der Waals surface area (Å²) in [7, 11) is 0. The minimum absolute atomic E-state index is 0.113. The fraction of sp³-hybridized carbons (Fsp3) is 0.533. The van der Waals surface area contributed by atoms with E-state index in [2.05, 4.69) is 24.1 Å². The molecular formula is C15H25N3O. The summed E-state index contributed by atoms with van der Waals surface area (Å²) in [4.78, 5) is 14.0. The number of nitrogens with one attached hydrogen (secondary N) is 1. The van der Waals surface area contributed by atoms with Crippen LogP contribution in [0.25, 0.3) is 0 Å². The molecule has 0 aliphatic carbocycles. The van der Waals surface area contributed by atoms with E-state index in [4.69, 9.17) is 5.73 Å². The summed E-state index contributed by atoms with van der Waals surface area (Å²) < 4.78 is 0. The molecule has 0 saturated heterocycles. The number of rotatable bonds is 7. The number of anilines is 2. The quantitative estimate of drug-likeness (QED) is 0.795. The van der Waals surface area contributed by atoms with Gasteiger partial charge in [-0.2, -0.15) is 0 Å². The lowest BCUT2D eigenvalue weighted by molar-refractivity contribution is -0.117. The van der Waals surface area contributed by atoms with Crippen LogP contribution in [-0.4, -0.2) is 25.0 Å². The van der Waals surface area contributed by atoms with Gasteiger partial charge in [0.1, 0.15) is 0 Å². The zero-order chi connectivity index (χ0) is 14.3. The third-order valence-corrected chi connectivity index (χ3v) is 3.20. The molecule has 0 aromatic heterocycles. The first-order valence-corrected chi connectivity index (χ1v) is 7.03. The molecule has 1 unspecified atom stereocenters. The fourth-order valence-corrected chi connectivity index (χ4v) is 2.02. The highest BCUT2D eigenvalue weighted by Gasteiger charge is 2.12. The second kappa shape index (κ2) is 7.79. The van der Waals surface area contributed by atoms with Crippen molar-refractivity contribution in [3.05, 3.63) is 24.3 Å². The van der Waals surface area contributed by atoms with Gasteiger partial charge in [0.15, 0.2) is 0 Å². The SMILES string of the molecule is CCCC(N)C(=O)Nc1ccc(N(CC)CC)cc1. The molecule has 3 N–H and O–H groups in total. The van der Waals surface area contributed by atoms with Gasteiger partial charge in [0.2, 0.25) is 5.91 Å². The summed E-state index contributed by atoms with van der Waals surface area (Å²) in [6.45, 7) is 8.23. The van der Waals surface area contributed by atoms with Crippen molar-refractivity contribution in [2.45, 2.75) is 39.7 Å². The van der Waals surface area contributed by atoms with E-state index in [0.717, 1.165) is 25.2 Å². The van der Waals surface area contributed by atoms with Crippen molar-refractivity contribution in [1.82, 2.24) is 0 Å². The van der Waals surface area contributed by atoms with Gasteiger partial charge >= 0.3 is 0 Å². The van der Waals surface area contributed by atoms with Crippen LogP contribution in [0.2, 0.25) is 0 Å². The van der Waals surface area contributed by atoms with Crippen LogP contribution in [0.4, 0.5) is 11.4 Å². The first-order chi connectivity index (χ1) is 9.12. The van der Waals surface area contributed by atoms with E-state index in [1.54, 1.807) is 0 Å². The topological polar surface area (TPSA) is 58.4 Å². The van der Waals surface area contributed by atoms with Crippen molar-refractivity contribution in [3.8, 4) is 0 Å². The maximum absolute atomic E-state index is 11.8. The smallest absolute Gasteiger partial charge is 0.241 e. The summed E-state index contributed by atoms with van der Waals surface area (Å²) in [6, 6.07) is 7.46. The molecule has 0 heterocycles. The van der Waals surface area contributed by atoms with Gasteiger partial charge in [-0.1, -0.05) is 13.3 Å². The van der Waals surface area contributed by atoms with Crippen LogP contribution in [0.3, 0.4) is 0 Å². The largest absolute Gasteiger partial charge is 0.372 e. The Morgan fingerprint density at radius 3 is 2.26 bits per heavy atom. The normalized spacial score (nSPS) is 12.0. The maximum atomic E-state index is 11.8. The average Bonchev–Trinajstić information content (AvgIpc) is 2.42. The Labute approximate surface area is 116 Å². The van der Waals surface area contributed by atoms with Crippen LogP contribution in [-0.2, 0) is 4.79 Å². The van der Waals surface area contributed by atoms with Crippen molar-refractivity contribution >= 4 is 17.3 Å². The minimum atomic E-state index is -0.424. The molecule has 4 heteroatoms. The molecule has 1 amide bonds. The molecule has 1 aromatic rings. The number of nitrogens with zero attached hydrogens (tertiary/aromatic N) is 1. The standard InChI is InChI=1S/C15H25N3O/c1-4-7-14(16)15(19)17-12-8-10-13(11-9-12)18(5-2)6-3/h8-11,14H,4-7,16H2,1-3H3,(H,17,19). The van der Waals surface area contributed by atoms with Crippen molar-refractivity contribution in [2.24, 2.45) is 5.73 Å². The van der Waals surface area contributed by atoms with Crippen molar-refractivity contribution in [1.29, 1.82) is 0 Å². The summed E-state index contributed by atoms with van der Waals surface area (Å²) >= 11 is 0. The maximum Gasteiger partial charge on any atom is 0.241 e. The Kier molecular flexibility index (Phi) is 6.36. The number of nitrogens with two attached hydrogens (primary N) is 1. The Hall–Kier alpha value is -1.55. The zero-order valence-electron chi connectivity index (χ0n) is 12.1. The highest BCUT2D eigenvalue weighted by atomic mass is 16.2. The highest BCUT2D eigenvalue weighted by molar-refractivity contribution is 5.94. The lowest BCUT2D eigenvalue weighted by Gasteiger charge is -2.21. The van der Waals surface area contributed by atoms with E-state index >= 15 is 0 Å². The van der Waals surface area contributed by atoms with Gasteiger partial charge in [-0.05, 0) is 44.5 Å². The molecule has 0 aliphatic heterocycles. The van der Waals surface area contributed by atoms with Crippen LogP contribution in [0.15, 0.2) is 24.3 Å². The van der Waals surface area contributed by atoms with E-state index in [-0.39, 0.29) is 5.91 Å². The number of hydrogen-bond acceptors (Lipinski definition) is 3. The number of benzene rings is 1. The van der Waals surface area contributed by atoms with Crippen LogP contribution in [0.5, 0.6) is 0 Å². The van der Waals surface area contributed by atoms with E-state index in [9.17, 15) is 4.79 Å². The minimum Gasteiger partial charge on any atom is -0.372 e. The molecule has 0 fully saturated rings. The van der Waals surface area contributed by atoms with Gasteiger partial charge in [0.05, 0.1) is 6.04 Å². The Morgan fingerprint density at radius 2 is 1.79 bits per heavy atom. The fourth-order valence-electron chi connectivity index (χ4n) is 2.02. The molecule has 1 rings (SSSR count). The van der Waals surface area contributed by atoms with Crippen LogP contribution in [0, 0.1) is 0 Å². The average molecular weight is 263 g/mol. The molecular weight excluding hydrogens is 238 g/mol. The number of amides is 1. The summed E-state index contributed by atoms with van der Waals surface area (Å²) in [5.74, 6) is -0.113. The molecule has 0 aliphatic rings. The third-order valence-electron chi connectivity index (χ3n) is 3.20. The molecule has 0 bridgehead atoms. The van der Waals surface area contributed by atoms with Crippen molar-refractivity contribution in [2.75, 3.05) is 23.3 Å². The van der Waals surface area contributed by atoms with Crippen LogP contribution < -0.4 is 16.0 Å². The van der Waals surface area contributed by atoms with E-state index in [0.29, 0.717) is 6.42 Å².